The molecule has 2 amide bonds. The summed E-state index contributed by atoms with van der Waals surface area (Å²) in [6, 6.07) is 15.7. The van der Waals surface area contributed by atoms with Crippen LogP contribution >= 0.6 is 11.8 Å². The molecule has 0 radical (unpaired) electrons. The first-order valence-corrected chi connectivity index (χ1v) is 10.1. The monoisotopic (exact) mass is 426 g/mol. The summed E-state index contributed by atoms with van der Waals surface area (Å²) in [5, 5.41) is 13.8. The average molecular weight is 426 g/mol. The number of thioether (sulfide) groups is 1. The number of carbonyl (C=O) groups excluding carboxylic acids is 2. The van der Waals surface area contributed by atoms with E-state index in [2.05, 4.69) is 20.8 Å². The van der Waals surface area contributed by atoms with Gasteiger partial charge in [0.15, 0.2) is 5.82 Å². The fourth-order valence-electron chi connectivity index (χ4n) is 2.46. The number of carbonyl (C=O) groups is 2. The first kappa shape index (κ1) is 21.3. The number of hydrogen-bond donors (Lipinski definition) is 2. The molecule has 2 N–H and O–H groups in total. The van der Waals surface area contributed by atoms with Crippen molar-refractivity contribution in [2.45, 2.75) is 11.9 Å². The van der Waals surface area contributed by atoms with Crippen molar-refractivity contribution in [2.75, 3.05) is 23.0 Å². The number of para-hydroxylation sites is 2. The van der Waals surface area contributed by atoms with Gasteiger partial charge in [-0.15, -0.1) is 10.2 Å². The number of benzene rings is 2. The van der Waals surface area contributed by atoms with Gasteiger partial charge in [0.05, 0.1) is 18.0 Å². The third-order valence-electron chi connectivity index (χ3n) is 3.78. The standard InChI is InChI=1S/C21H19FN4O3S/c1-2-29-17-9-4-3-8-16(17)23-19(27)13-30-20-11-10-18(25-26-20)24-21(28)14-6-5-7-15(22)12-14/h3-12H,2,13H2,1H3,(H,23,27)(H,24,25,28). The van der Waals surface area contributed by atoms with Gasteiger partial charge >= 0.3 is 0 Å². The highest BCUT2D eigenvalue weighted by atomic mass is 32.2. The average Bonchev–Trinajstić information content (AvgIpc) is 2.75. The van der Waals surface area contributed by atoms with Crippen LogP contribution in [0.25, 0.3) is 0 Å². The Kier molecular flexibility index (Phi) is 7.34. The van der Waals surface area contributed by atoms with Crippen molar-refractivity contribution in [3.63, 3.8) is 0 Å². The molecule has 0 aliphatic heterocycles. The number of nitrogens with one attached hydrogen (secondary N) is 2. The van der Waals surface area contributed by atoms with E-state index in [0.717, 1.165) is 6.07 Å². The van der Waals surface area contributed by atoms with E-state index < -0.39 is 11.7 Å². The number of halogens is 1. The molecule has 1 aromatic heterocycles. The number of hydrogen-bond acceptors (Lipinski definition) is 6. The summed E-state index contributed by atoms with van der Waals surface area (Å²) in [7, 11) is 0. The molecule has 0 spiro atoms. The Morgan fingerprint density at radius 3 is 2.60 bits per heavy atom. The highest BCUT2D eigenvalue weighted by molar-refractivity contribution is 7.99. The van der Waals surface area contributed by atoms with Crippen molar-refractivity contribution < 1.29 is 18.7 Å². The normalized spacial score (nSPS) is 10.3. The second-order valence-electron chi connectivity index (χ2n) is 5.99. The Bertz CT molecular complexity index is 1030. The highest BCUT2D eigenvalue weighted by Gasteiger charge is 2.10. The van der Waals surface area contributed by atoms with E-state index >= 15 is 0 Å². The molecule has 3 aromatic rings. The van der Waals surface area contributed by atoms with Crippen LogP contribution in [-0.2, 0) is 4.79 Å². The van der Waals surface area contributed by atoms with Gasteiger partial charge < -0.3 is 15.4 Å². The molecule has 0 fully saturated rings. The van der Waals surface area contributed by atoms with Gasteiger partial charge in [-0.2, -0.15) is 0 Å². The predicted molar refractivity (Wildman–Crippen MR) is 113 cm³/mol. The van der Waals surface area contributed by atoms with Crippen LogP contribution in [0.3, 0.4) is 0 Å². The van der Waals surface area contributed by atoms with Gasteiger partial charge in [-0.3, -0.25) is 9.59 Å². The summed E-state index contributed by atoms with van der Waals surface area (Å²) in [6.07, 6.45) is 0. The summed E-state index contributed by atoms with van der Waals surface area (Å²) in [6.45, 7) is 2.37. The van der Waals surface area contributed by atoms with Crippen molar-refractivity contribution in [1.82, 2.24) is 10.2 Å². The van der Waals surface area contributed by atoms with Gasteiger partial charge in [-0.1, -0.05) is 30.0 Å². The third kappa shape index (κ3) is 6.02. The van der Waals surface area contributed by atoms with E-state index in [1.165, 1.54) is 30.0 Å². The quantitative estimate of drug-likeness (QED) is 0.529. The minimum Gasteiger partial charge on any atom is -0.492 e. The summed E-state index contributed by atoms with van der Waals surface area (Å²) >= 11 is 1.20. The van der Waals surface area contributed by atoms with Crippen LogP contribution in [0.2, 0.25) is 0 Å². The molecule has 3 rings (SSSR count). The summed E-state index contributed by atoms with van der Waals surface area (Å²) in [5.41, 5.74) is 0.783. The SMILES string of the molecule is CCOc1ccccc1NC(=O)CSc1ccc(NC(=O)c2cccc(F)c2)nn1. The van der Waals surface area contributed by atoms with Crippen molar-refractivity contribution in [1.29, 1.82) is 0 Å². The van der Waals surface area contributed by atoms with Crippen molar-refractivity contribution in [3.05, 3.63) is 72.0 Å². The molecule has 0 aliphatic carbocycles. The van der Waals surface area contributed by atoms with Crippen LogP contribution < -0.4 is 15.4 Å². The Labute approximate surface area is 177 Å². The third-order valence-corrected chi connectivity index (χ3v) is 4.70. The molecule has 0 saturated heterocycles. The first-order valence-electron chi connectivity index (χ1n) is 9.10. The van der Waals surface area contributed by atoms with E-state index in [1.807, 2.05) is 19.1 Å². The lowest BCUT2D eigenvalue weighted by Gasteiger charge is -2.11. The molecule has 9 heteroatoms. The van der Waals surface area contributed by atoms with Gasteiger partial charge in [-0.05, 0) is 49.4 Å². The lowest BCUT2D eigenvalue weighted by molar-refractivity contribution is -0.113. The summed E-state index contributed by atoms with van der Waals surface area (Å²) < 4.78 is 18.7. The van der Waals surface area contributed by atoms with Gasteiger partial charge in [0.25, 0.3) is 5.91 Å². The van der Waals surface area contributed by atoms with E-state index in [-0.39, 0.29) is 23.0 Å². The van der Waals surface area contributed by atoms with Crippen LogP contribution in [0.5, 0.6) is 5.75 Å². The summed E-state index contributed by atoms with van der Waals surface area (Å²) in [5.74, 6) is -0.235. The van der Waals surface area contributed by atoms with E-state index in [4.69, 9.17) is 4.74 Å². The predicted octanol–water partition coefficient (Wildman–Crippen LogP) is 4.00. The van der Waals surface area contributed by atoms with E-state index in [1.54, 1.807) is 24.3 Å². The van der Waals surface area contributed by atoms with Crippen LogP contribution in [0.15, 0.2) is 65.7 Å². The molecule has 0 saturated carbocycles. The first-order chi connectivity index (χ1) is 14.5. The second kappa shape index (κ2) is 10.4. The minimum atomic E-state index is -0.498. The number of rotatable bonds is 8. The Morgan fingerprint density at radius 1 is 1.03 bits per heavy atom. The largest absolute Gasteiger partial charge is 0.492 e. The van der Waals surface area contributed by atoms with Crippen LogP contribution in [0.4, 0.5) is 15.9 Å². The maximum Gasteiger partial charge on any atom is 0.256 e. The fourth-order valence-corrected chi connectivity index (χ4v) is 3.07. The molecule has 2 aromatic carbocycles. The van der Waals surface area contributed by atoms with Gasteiger partial charge in [0, 0.05) is 5.56 Å². The Morgan fingerprint density at radius 2 is 1.87 bits per heavy atom. The number of nitrogens with zero attached hydrogens (tertiary/aromatic N) is 2. The molecular formula is C21H19FN4O3S. The van der Waals surface area contributed by atoms with Crippen molar-refractivity contribution >= 4 is 35.1 Å². The molecule has 7 nitrogen and oxygen atoms in total. The van der Waals surface area contributed by atoms with Gasteiger partial charge in [0.2, 0.25) is 5.91 Å². The minimum absolute atomic E-state index is 0.129. The zero-order chi connectivity index (χ0) is 21.3. The second-order valence-corrected chi connectivity index (χ2v) is 6.98. The lowest BCUT2D eigenvalue weighted by atomic mass is 10.2. The lowest BCUT2D eigenvalue weighted by Crippen LogP contribution is -2.15. The van der Waals surface area contributed by atoms with E-state index in [9.17, 15) is 14.0 Å². The van der Waals surface area contributed by atoms with Crippen LogP contribution in [0, 0.1) is 5.82 Å². The number of aromatic nitrogens is 2. The number of anilines is 2. The van der Waals surface area contributed by atoms with Gasteiger partial charge in [0.1, 0.15) is 16.6 Å². The Hall–Kier alpha value is -3.46. The molecule has 0 bridgehead atoms. The maximum atomic E-state index is 13.2. The Balaban J connectivity index is 1.52. The van der Waals surface area contributed by atoms with Crippen molar-refractivity contribution in [3.8, 4) is 5.75 Å². The smallest absolute Gasteiger partial charge is 0.256 e. The van der Waals surface area contributed by atoms with E-state index in [0.29, 0.717) is 23.1 Å². The highest BCUT2D eigenvalue weighted by Crippen LogP contribution is 2.24. The molecule has 0 aliphatic rings. The van der Waals surface area contributed by atoms with Crippen molar-refractivity contribution in [2.24, 2.45) is 0 Å². The van der Waals surface area contributed by atoms with Gasteiger partial charge in [-0.25, -0.2) is 4.39 Å². The molecule has 1 heterocycles. The van der Waals surface area contributed by atoms with Crippen LogP contribution in [0.1, 0.15) is 17.3 Å². The molecule has 0 atom stereocenters. The molecule has 154 valence electrons. The zero-order valence-electron chi connectivity index (χ0n) is 16.1. The summed E-state index contributed by atoms with van der Waals surface area (Å²) in [4.78, 5) is 24.3. The maximum absolute atomic E-state index is 13.2. The molecular weight excluding hydrogens is 407 g/mol. The van der Waals surface area contributed by atoms with Crippen LogP contribution in [-0.4, -0.2) is 34.4 Å². The zero-order valence-corrected chi connectivity index (χ0v) is 16.9. The topological polar surface area (TPSA) is 93.2 Å². The molecule has 30 heavy (non-hydrogen) atoms. The number of amides is 2. The molecule has 0 unspecified atom stereocenters. The fraction of sp³-hybridized carbons (Fsp3) is 0.143. The number of ether oxygens (including phenoxy) is 1.